The Labute approximate surface area is 123 Å². The first kappa shape index (κ1) is 14.4. The standard InChI is InChI=1S/C15H20BrNO2/c1-3-19-14-10-11(9-13(16)15(14)18-2)5-4-8-17-12-6-7-12/h4-5,9-10,12,17H,3,6-8H2,1-2H3. The minimum absolute atomic E-state index is 0.624. The fourth-order valence-electron chi connectivity index (χ4n) is 1.86. The molecular formula is C15H20BrNO2. The molecule has 3 nitrogen and oxygen atoms in total. The van der Waals surface area contributed by atoms with Crippen molar-refractivity contribution < 1.29 is 9.47 Å². The molecule has 1 aliphatic carbocycles. The maximum atomic E-state index is 5.60. The van der Waals surface area contributed by atoms with Crippen molar-refractivity contribution in [3.8, 4) is 11.5 Å². The predicted molar refractivity (Wildman–Crippen MR) is 81.9 cm³/mol. The third-order valence-electron chi connectivity index (χ3n) is 2.95. The van der Waals surface area contributed by atoms with Crippen LogP contribution in [0.4, 0.5) is 0 Å². The Morgan fingerprint density at radius 1 is 1.42 bits per heavy atom. The zero-order valence-electron chi connectivity index (χ0n) is 11.4. The number of halogens is 1. The van der Waals surface area contributed by atoms with Gasteiger partial charge in [0.25, 0.3) is 0 Å². The highest BCUT2D eigenvalue weighted by molar-refractivity contribution is 9.10. The molecule has 0 aromatic heterocycles. The number of hydrogen-bond acceptors (Lipinski definition) is 3. The van der Waals surface area contributed by atoms with E-state index >= 15 is 0 Å². The molecule has 1 fully saturated rings. The monoisotopic (exact) mass is 325 g/mol. The first-order valence-corrected chi connectivity index (χ1v) is 7.44. The van der Waals surface area contributed by atoms with E-state index in [2.05, 4.69) is 33.4 Å². The van der Waals surface area contributed by atoms with Crippen LogP contribution < -0.4 is 14.8 Å². The summed E-state index contributed by atoms with van der Waals surface area (Å²) in [6, 6.07) is 4.78. The molecule has 0 radical (unpaired) electrons. The summed E-state index contributed by atoms with van der Waals surface area (Å²) in [5.41, 5.74) is 1.11. The molecule has 1 aromatic carbocycles. The van der Waals surface area contributed by atoms with Gasteiger partial charge in [-0.2, -0.15) is 0 Å². The highest BCUT2D eigenvalue weighted by atomic mass is 79.9. The van der Waals surface area contributed by atoms with Crippen molar-refractivity contribution in [1.29, 1.82) is 0 Å². The highest BCUT2D eigenvalue weighted by Gasteiger charge is 2.18. The van der Waals surface area contributed by atoms with Crippen LogP contribution in [0.5, 0.6) is 11.5 Å². The third-order valence-corrected chi connectivity index (χ3v) is 3.54. The van der Waals surface area contributed by atoms with Crippen LogP contribution in [0.2, 0.25) is 0 Å². The summed E-state index contributed by atoms with van der Waals surface area (Å²) in [6.45, 7) is 3.51. The van der Waals surface area contributed by atoms with Gasteiger partial charge >= 0.3 is 0 Å². The van der Waals surface area contributed by atoms with Crippen LogP contribution in [0, 0.1) is 0 Å². The summed E-state index contributed by atoms with van der Waals surface area (Å²) < 4.78 is 11.9. The molecule has 0 amide bonds. The van der Waals surface area contributed by atoms with Gasteiger partial charge in [0.1, 0.15) is 0 Å². The first-order chi connectivity index (χ1) is 9.24. The van der Waals surface area contributed by atoms with E-state index in [-0.39, 0.29) is 0 Å². The summed E-state index contributed by atoms with van der Waals surface area (Å²) in [7, 11) is 1.65. The van der Waals surface area contributed by atoms with Gasteiger partial charge < -0.3 is 14.8 Å². The number of benzene rings is 1. The molecule has 0 heterocycles. The van der Waals surface area contributed by atoms with Gasteiger partial charge in [0, 0.05) is 12.6 Å². The zero-order valence-corrected chi connectivity index (χ0v) is 13.0. The molecule has 2 rings (SSSR count). The fourth-order valence-corrected chi connectivity index (χ4v) is 2.48. The molecule has 1 aromatic rings. The van der Waals surface area contributed by atoms with Crippen molar-refractivity contribution in [3.05, 3.63) is 28.2 Å². The molecular weight excluding hydrogens is 306 g/mol. The zero-order chi connectivity index (χ0) is 13.7. The average molecular weight is 326 g/mol. The molecule has 0 spiro atoms. The minimum Gasteiger partial charge on any atom is -0.492 e. The number of methoxy groups -OCH3 is 1. The van der Waals surface area contributed by atoms with E-state index < -0.39 is 0 Å². The Hall–Kier alpha value is -1.00. The van der Waals surface area contributed by atoms with Gasteiger partial charge in [0.2, 0.25) is 0 Å². The highest BCUT2D eigenvalue weighted by Crippen LogP contribution is 2.36. The van der Waals surface area contributed by atoms with E-state index in [0.717, 1.165) is 34.1 Å². The van der Waals surface area contributed by atoms with Gasteiger partial charge in [-0.1, -0.05) is 12.2 Å². The van der Waals surface area contributed by atoms with Crippen LogP contribution >= 0.6 is 15.9 Å². The summed E-state index contributed by atoms with van der Waals surface area (Å²) in [5.74, 6) is 1.52. The van der Waals surface area contributed by atoms with Crippen molar-refractivity contribution in [2.75, 3.05) is 20.3 Å². The Morgan fingerprint density at radius 3 is 2.84 bits per heavy atom. The van der Waals surface area contributed by atoms with Gasteiger partial charge in [-0.05, 0) is 53.4 Å². The van der Waals surface area contributed by atoms with Gasteiger partial charge in [0.05, 0.1) is 18.2 Å². The molecule has 19 heavy (non-hydrogen) atoms. The normalized spacial score (nSPS) is 14.9. The SMILES string of the molecule is CCOc1cc(C=CCNC2CC2)cc(Br)c1OC. The molecule has 0 saturated heterocycles. The predicted octanol–water partition coefficient (Wildman–Crippen LogP) is 3.62. The second-order valence-electron chi connectivity index (χ2n) is 4.55. The molecule has 1 N–H and O–H groups in total. The van der Waals surface area contributed by atoms with Crippen molar-refractivity contribution in [2.24, 2.45) is 0 Å². The van der Waals surface area contributed by atoms with Crippen LogP contribution in [0.15, 0.2) is 22.7 Å². The number of nitrogens with one attached hydrogen (secondary N) is 1. The fraction of sp³-hybridized carbons (Fsp3) is 0.467. The van der Waals surface area contributed by atoms with Crippen molar-refractivity contribution in [1.82, 2.24) is 5.32 Å². The average Bonchev–Trinajstić information content (AvgIpc) is 3.19. The Morgan fingerprint density at radius 2 is 2.21 bits per heavy atom. The molecule has 0 aliphatic heterocycles. The summed E-state index contributed by atoms with van der Waals surface area (Å²) in [4.78, 5) is 0. The van der Waals surface area contributed by atoms with Crippen LogP contribution in [-0.2, 0) is 0 Å². The van der Waals surface area contributed by atoms with E-state index in [9.17, 15) is 0 Å². The van der Waals surface area contributed by atoms with Gasteiger partial charge in [-0.25, -0.2) is 0 Å². The molecule has 0 bridgehead atoms. The van der Waals surface area contributed by atoms with E-state index in [4.69, 9.17) is 9.47 Å². The first-order valence-electron chi connectivity index (χ1n) is 6.64. The van der Waals surface area contributed by atoms with Gasteiger partial charge in [0.15, 0.2) is 11.5 Å². The maximum Gasteiger partial charge on any atom is 0.174 e. The van der Waals surface area contributed by atoms with Crippen molar-refractivity contribution in [2.45, 2.75) is 25.8 Å². The molecule has 4 heteroatoms. The molecule has 1 aliphatic rings. The maximum absolute atomic E-state index is 5.60. The summed E-state index contributed by atoms with van der Waals surface area (Å²) in [5, 5.41) is 3.45. The lowest BCUT2D eigenvalue weighted by Crippen LogP contribution is -2.15. The topological polar surface area (TPSA) is 30.5 Å². The Balaban J connectivity index is 2.06. The third kappa shape index (κ3) is 4.25. The van der Waals surface area contributed by atoms with Gasteiger partial charge in [-0.3, -0.25) is 0 Å². The largest absolute Gasteiger partial charge is 0.492 e. The van der Waals surface area contributed by atoms with E-state index in [1.54, 1.807) is 7.11 Å². The lowest BCUT2D eigenvalue weighted by molar-refractivity contribution is 0.310. The number of hydrogen-bond donors (Lipinski definition) is 1. The van der Waals surface area contributed by atoms with E-state index in [1.165, 1.54) is 12.8 Å². The lowest BCUT2D eigenvalue weighted by atomic mass is 10.2. The lowest BCUT2D eigenvalue weighted by Gasteiger charge is -2.12. The minimum atomic E-state index is 0.624. The Kier molecular flexibility index (Phi) is 5.28. The van der Waals surface area contributed by atoms with Gasteiger partial charge in [-0.15, -0.1) is 0 Å². The van der Waals surface area contributed by atoms with Crippen LogP contribution in [0.3, 0.4) is 0 Å². The van der Waals surface area contributed by atoms with Crippen LogP contribution in [0.25, 0.3) is 6.08 Å². The molecule has 0 atom stereocenters. The second-order valence-corrected chi connectivity index (χ2v) is 5.41. The van der Waals surface area contributed by atoms with Crippen molar-refractivity contribution in [3.63, 3.8) is 0 Å². The summed E-state index contributed by atoms with van der Waals surface area (Å²) in [6.07, 6.45) is 6.87. The van der Waals surface area contributed by atoms with Crippen LogP contribution in [0.1, 0.15) is 25.3 Å². The number of ether oxygens (including phenoxy) is 2. The molecule has 104 valence electrons. The second kappa shape index (κ2) is 6.96. The number of rotatable bonds is 7. The Bertz CT molecular complexity index is 456. The smallest absolute Gasteiger partial charge is 0.174 e. The van der Waals surface area contributed by atoms with E-state index in [1.807, 2.05) is 19.1 Å². The molecule has 0 unspecified atom stereocenters. The van der Waals surface area contributed by atoms with Crippen molar-refractivity contribution >= 4 is 22.0 Å². The molecule has 1 saturated carbocycles. The van der Waals surface area contributed by atoms with E-state index in [0.29, 0.717) is 6.61 Å². The summed E-state index contributed by atoms with van der Waals surface area (Å²) >= 11 is 3.52. The van der Waals surface area contributed by atoms with Crippen LogP contribution in [-0.4, -0.2) is 26.3 Å². The quantitative estimate of drug-likeness (QED) is 0.830.